The van der Waals surface area contributed by atoms with Crippen molar-refractivity contribution in [2.24, 2.45) is 0 Å². The van der Waals surface area contributed by atoms with Gasteiger partial charge in [-0.15, -0.1) is 0 Å². The van der Waals surface area contributed by atoms with Gasteiger partial charge >= 0.3 is 0 Å². The number of amides is 1. The molecule has 3 rings (SSSR count). The molecule has 0 unspecified atom stereocenters. The molecule has 0 bridgehead atoms. The van der Waals surface area contributed by atoms with E-state index in [0.29, 0.717) is 0 Å². The van der Waals surface area contributed by atoms with Gasteiger partial charge in [-0.05, 0) is 81.0 Å². The van der Waals surface area contributed by atoms with E-state index >= 15 is 0 Å². The summed E-state index contributed by atoms with van der Waals surface area (Å²) in [6.45, 7) is 8.18. The molecule has 2 aromatic carbocycles. The van der Waals surface area contributed by atoms with E-state index in [2.05, 4.69) is 19.2 Å². The summed E-state index contributed by atoms with van der Waals surface area (Å²) in [5, 5.41) is 3.15. The van der Waals surface area contributed by atoms with Crippen molar-refractivity contribution in [2.75, 3.05) is 5.32 Å². The minimum Gasteiger partial charge on any atom is -0.490 e. The Morgan fingerprint density at radius 2 is 1.69 bits per heavy atom. The van der Waals surface area contributed by atoms with Crippen molar-refractivity contribution < 1.29 is 13.9 Å². The maximum Gasteiger partial charge on any atom is 0.235 e. The van der Waals surface area contributed by atoms with Crippen LogP contribution in [0.4, 0.5) is 10.1 Å². The summed E-state index contributed by atoms with van der Waals surface area (Å²) in [5.41, 5.74) is 3.12. The minimum absolute atomic E-state index is 0.00166. The van der Waals surface area contributed by atoms with E-state index in [4.69, 9.17) is 4.74 Å². The summed E-state index contributed by atoms with van der Waals surface area (Å²) in [6.07, 6.45) is 5.81. The smallest absolute Gasteiger partial charge is 0.235 e. The van der Waals surface area contributed by atoms with Crippen LogP contribution < -0.4 is 10.1 Å². The van der Waals surface area contributed by atoms with Crippen molar-refractivity contribution >= 4 is 11.6 Å². The Hall–Kier alpha value is -2.36. The molecule has 0 aliphatic heterocycles. The first-order valence-corrected chi connectivity index (χ1v) is 10.7. The lowest BCUT2D eigenvalue weighted by molar-refractivity contribution is -0.122. The number of anilines is 1. The summed E-state index contributed by atoms with van der Waals surface area (Å²) < 4.78 is 19.5. The topological polar surface area (TPSA) is 38.3 Å². The fourth-order valence-electron chi connectivity index (χ4n) is 4.31. The van der Waals surface area contributed by atoms with Gasteiger partial charge in [0.1, 0.15) is 11.6 Å². The first-order chi connectivity index (χ1) is 13.9. The van der Waals surface area contributed by atoms with Gasteiger partial charge in [0.25, 0.3) is 0 Å². The van der Waals surface area contributed by atoms with E-state index in [1.807, 2.05) is 26.0 Å². The molecule has 0 saturated heterocycles. The van der Waals surface area contributed by atoms with Gasteiger partial charge in [-0.3, -0.25) is 4.79 Å². The van der Waals surface area contributed by atoms with Crippen LogP contribution in [0.2, 0.25) is 0 Å². The summed E-state index contributed by atoms with van der Waals surface area (Å²) in [7, 11) is 0. The third-order valence-corrected chi connectivity index (χ3v) is 6.15. The maximum atomic E-state index is 13.5. The highest BCUT2D eigenvalue weighted by molar-refractivity contribution is 5.99. The summed E-state index contributed by atoms with van der Waals surface area (Å²) in [6, 6.07) is 10.4. The Labute approximate surface area is 173 Å². The Kier molecular flexibility index (Phi) is 6.61. The number of hydrogen-bond donors (Lipinski definition) is 1. The van der Waals surface area contributed by atoms with E-state index in [0.717, 1.165) is 66.7 Å². The third-order valence-electron chi connectivity index (χ3n) is 6.15. The van der Waals surface area contributed by atoms with Crippen LogP contribution in [0.3, 0.4) is 0 Å². The lowest BCUT2D eigenvalue weighted by Crippen LogP contribution is -2.42. The van der Waals surface area contributed by atoms with E-state index in [1.54, 1.807) is 12.1 Å². The average molecular weight is 398 g/mol. The van der Waals surface area contributed by atoms with Gasteiger partial charge in [0.2, 0.25) is 5.91 Å². The molecule has 2 aromatic rings. The van der Waals surface area contributed by atoms with Crippen molar-refractivity contribution in [1.29, 1.82) is 0 Å². The second-order valence-electron chi connectivity index (χ2n) is 8.38. The van der Waals surface area contributed by atoms with Gasteiger partial charge in [0.15, 0.2) is 0 Å². The first-order valence-electron chi connectivity index (χ1n) is 10.7. The van der Waals surface area contributed by atoms with E-state index < -0.39 is 5.41 Å². The highest BCUT2D eigenvalue weighted by atomic mass is 19.1. The number of carbonyl (C=O) groups is 1. The predicted octanol–water partition coefficient (Wildman–Crippen LogP) is 6.46. The third kappa shape index (κ3) is 4.63. The van der Waals surface area contributed by atoms with Gasteiger partial charge in [-0.25, -0.2) is 4.39 Å². The lowest BCUT2D eigenvalue weighted by atomic mass is 9.68. The Bertz CT molecular complexity index is 831. The molecule has 3 nitrogen and oxygen atoms in total. The highest BCUT2D eigenvalue weighted by Crippen LogP contribution is 2.41. The van der Waals surface area contributed by atoms with Gasteiger partial charge in [-0.2, -0.15) is 0 Å². The van der Waals surface area contributed by atoms with Crippen LogP contribution in [0, 0.1) is 19.7 Å². The largest absolute Gasteiger partial charge is 0.490 e. The Morgan fingerprint density at radius 3 is 2.24 bits per heavy atom. The summed E-state index contributed by atoms with van der Waals surface area (Å²) >= 11 is 0. The number of rotatable bonds is 6. The van der Waals surface area contributed by atoms with Crippen molar-refractivity contribution in [3.8, 4) is 5.75 Å². The molecule has 0 aromatic heterocycles. The van der Waals surface area contributed by atoms with E-state index in [-0.39, 0.29) is 17.8 Å². The summed E-state index contributed by atoms with van der Waals surface area (Å²) in [5.74, 6) is 0.615. The number of aryl methyl sites for hydroxylation is 2. The predicted molar refractivity (Wildman–Crippen MR) is 116 cm³/mol. The number of benzene rings is 2. The van der Waals surface area contributed by atoms with Crippen LogP contribution in [0.1, 0.15) is 69.1 Å². The number of nitrogens with one attached hydrogen (secondary N) is 1. The van der Waals surface area contributed by atoms with Crippen molar-refractivity contribution in [1.82, 2.24) is 0 Å². The van der Waals surface area contributed by atoms with Crippen LogP contribution in [0.15, 0.2) is 36.4 Å². The van der Waals surface area contributed by atoms with Crippen LogP contribution in [-0.4, -0.2) is 12.0 Å². The number of halogens is 1. The molecular formula is C25H32FNO2. The molecule has 1 N–H and O–H groups in total. The molecule has 29 heavy (non-hydrogen) atoms. The van der Waals surface area contributed by atoms with E-state index in [1.165, 1.54) is 12.1 Å². The Balaban J connectivity index is 1.87. The molecule has 0 radical (unpaired) electrons. The minimum atomic E-state index is -0.598. The molecule has 0 spiro atoms. The zero-order valence-corrected chi connectivity index (χ0v) is 18.0. The molecule has 1 atom stereocenters. The SMILES string of the molecule is CC[C@@H](C)Oc1c(C)cc(NC(=O)C2(c3ccc(F)cc3)CCCCC2)cc1C. The average Bonchev–Trinajstić information content (AvgIpc) is 2.71. The van der Waals surface area contributed by atoms with E-state index in [9.17, 15) is 9.18 Å². The zero-order chi connectivity index (χ0) is 21.0. The van der Waals surface area contributed by atoms with Crippen molar-refractivity contribution in [3.05, 3.63) is 58.9 Å². The Morgan fingerprint density at radius 1 is 1.10 bits per heavy atom. The van der Waals surface area contributed by atoms with Gasteiger partial charge < -0.3 is 10.1 Å². The number of carbonyl (C=O) groups excluding carboxylic acids is 1. The molecule has 156 valence electrons. The highest BCUT2D eigenvalue weighted by Gasteiger charge is 2.41. The molecule has 1 amide bonds. The van der Waals surface area contributed by atoms with Crippen LogP contribution in [0.5, 0.6) is 5.75 Å². The van der Waals surface area contributed by atoms with Gasteiger partial charge in [0.05, 0.1) is 11.5 Å². The lowest BCUT2D eigenvalue weighted by Gasteiger charge is -2.36. The van der Waals surface area contributed by atoms with Crippen molar-refractivity contribution in [3.63, 3.8) is 0 Å². The second-order valence-corrected chi connectivity index (χ2v) is 8.38. The number of ether oxygens (including phenoxy) is 1. The molecular weight excluding hydrogens is 365 g/mol. The molecule has 0 heterocycles. The quantitative estimate of drug-likeness (QED) is 0.607. The molecule has 1 aliphatic carbocycles. The normalized spacial score (nSPS) is 16.9. The summed E-state index contributed by atoms with van der Waals surface area (Å²) in [4.78, 5) is 13.5. The van der Waals surface area contributed by atoms with Crippen molar-refractivity contribution in [2.45, 2.75) is 77.7 Å². The molecule has 4 heteroatoms. The van der Waals surface area contributed by atoms with Crippen LogP contribution >= 0.6 is 0 Å². The standard InChI is InChI=1S/C25H32FNO2/c1-5-19(4)29-23-17(2)15-22(16-18(23)3)27-24(28)25(13-7-6-8-14-25)20-9-11-21(26)12-10-20/h9-12,15-16,19H,5-8,13-14H2,1-4H3,(H,27,28)/t19-/m1/s1. The van der Waals surface area contributed by atoms with Crippen LogP contribution in [0.25, 0.3) is 0 Å². The molecule has 1 aliphatic rings. The zero-order valence-electron chi connectivity index (χ0n) is 18.0. The first kappa shape index (κ1) is 21.4. The number of hydrogen-bond acceptors (Lipinski definition) is 2. The van der Waals surface area contributed by atoms with Gasteiger partial charge in [-0.1, -0.05) is 38.3 Å². The van der Waals surface area contributed by atoms with Crippen LogP contribution in [-0.2, 0) is 10.2 Å². The van der Waals surface area contributed by atoms with Gasteiger partial charge in [0, 0.05) is 5.69 Å². The fraction of sp³-hybridized carbons (Fsp3) is 0.480. The molecule has 1 fully saturated rings. The maximum absolute atomic E-state index is 13.5. The second kappa shape index (κ2) is 8.98. The monoisotopic (exact) mass is 397 g/mol. The fourth-order valence-corrected chi connectivity index (χ4v) is 4.31. The molecule has 1 saturated carbocycles.